The largest absolute Gasteiger partial charge is 0.366 e. The predicted molar refractivity (Wildman–Crippen MR) is 94.9 cm³/mol. The third-order valence-electron chi connectivity index (χ3n) is 4.22. The molecule has 1 fully saturated rings. The van der Waals surface area contributed by atoms with Gasteiger partial charge in [0.1, 0.15) is 16.2 Å². The van der Waals surface area contributed by atoms with Crippen molar-refractivity contribution in [1.29, 1.82) is 0 Å². The third kappa shape index (κ3) is 2.93. The van der Waals surface area contributed by atoms with Crippen LogP contribution in [0.1, 0.15) is 24.8 Å². The summed E-state index contributed by atoms with van der Waals surface area (Å²) in [5, 5.41) is 6.69. The second kappa shape index (κ2) is 6.23. The zero-order valence-corrected chi connectivity index (χ0v) is 14.4. The molecule has 0 radical (unpaired) electrons. The number of rotatable bonds is 4. The van der Waals surface area contributed by atoms with E-state index in [4.69, 9.17) is 4.98 Å². The number of halogens is 1. The maximum Gasteiger partial charge on any atom is 0.188 e. The lowest BCUT2D eigenvalue weighted by molar-refractivity contribution is 0.573. The van der Waals surface area contributed by atoms with E-state index in [2.05, 4.69) is 48.4 Å². The second-order valence-electron chi connectivity index (χ2n) is 5.85. The molecule has 6 nitrogen and oxygen atoms in total. The number of hydrogen-bond acceptors (Lipinski definition) is 4. The number of nitrogens with one attached hydrogen (secondary N) is 2. The Morgan fingerprint density at radius 3 is 2.87 bits per heavy atom. The molecule has 1 aliphatic rings. The Kier molecular flexibility index (Phi) is 3.95. The summed E-state index contributed by atoms with van der Waals surface area (Å²) in [6, 6.07) is 6.15. The van der Waals surface area contributed by atoms with Crippen LogP contribution in [0.2, 0.25) is 0 Å². The average molecular weight is 375 g/mol. The van der Waals surface area contributed by atoms with Crippen LogP contribution in [0, 0.1) is 0 Å². The number of nitrogens with zero attached hydrogens (tertiary/aromatic N) is 4. The van der Waals surface area contributed by atoms with Crippen LogP contribution < -0.4 is 10.2 Å². The van der Waals surface area contributed by atoms with Crippen LogP contribution in [0.25, 0.3) is 5.65 Å². The molecule has 2 N–H and O–H groups in total. The number of piperidine rings is 1. The summed E-state index contributed by atoms with van der Waals surface area (Å²) in [6.07, 6.45) is 7.48. The Morgan fingerprint density at radius 1 is 1.26 bits per heavy atom. The normalized spacial score (nSPS) is 15.3. The van der Waals surface area contributed by atoms with Crippen molar-refractivity contribution in [3.63, 3.8) is 0 Å². The first-order valence-corrected chi connectivity index (χ1v) is 8.75. The van der Waals surface area contributed by atoms with E-state index in [9.17, 15) is 0 Å². The highest BCUT2D eigenvalue weighted by Gasteiger charge is 2.17. The summed E-state index contributed by atoms with van der Waals surface area (Å²) in [7, 11) is 0. The van der Waals surface area contributed by atoms with Crippen molar-refractivity contribution < 1.29 is 0 Å². The summed E-state index contributed by atoms with van der Waals surface area (Å²) >= 11 is 3.51. The molecule has 4 rings (SSSR count). The van der Waals surface area contributed by atoms with E-state index >= 15 is 0 Å². The van der Waals surface area contributed by atoms with Gasteiger partial charge in [0.25, 0.3) is 0 Å². The highest BCUT2D eigenvalue weighted by atomic mass is 79.9. The first-order valence-electron chi connectivity index (χ1n) is 7.96. The number of anilines is 2. The van der Waals surface area contributed by atoms with Crippen LogP contribution in [0.5, 0.6) is 0 Å². The van der Waals surface area contributed by atoms with Gasteiger partial charge in [0, 0.05) is 38.1 Å². The lowest BCUT2D eigenvalue weighted by Gasteiger charge is -2.29. The van der Waals surface area contributed by atoms with Crippen molar-refractivity contribution in [3.05, 3.63) is 40.8 Å². The van der Waals surface area contributed by atoms with Gasteiger partial charge in [-0.25, -0.2) is 9.50 Å². The fourth-order valence-electron chi connectivity index (χ4n) is 2.96. The van der Waals surface area contributed by atoms with Gasteiger partial charge in [0.15, 0.2) is 5.65 Å². The number of hydrogen-bond donors (Lipinski definition) is 2. The van der Waals surface area contributed by atoms with Crippen LogP contribution >= 0.6 is 15.9 Å². The SMILES string of the molecule is Brc1[nH]n2c(NCc3cccnc3)cc(N3CCCCC3)nc12. The zero-order chi connectivity index (χ0) is 15.6. The predicted octanol–water partition coefficient (Wildman–Crippen LogP) is 3.42. The summed E-state index contributed by atoms with van der Waals surface area (Å²) in [5.74, 6) is 2.06. The van der Waals surface area contributed by atoms with Gasteiger partial charge in [-0.15, -0.1) is 0 Å². The molecule has 3 aromatic rings. The van der Waals surface area contributed by atoms with E-state index in [0.717, 1.165) is 47.1 Å². The zero-order valence-electron chi connectivity index (χ0n) is 12.8. The Morgan fingerprint density at radius 2 is 2.13 bits per heavy atom. The number of H-pyrrole nitrogens is 1. The molecule has 23 heavy (non-hydrogen) atoms. The lowest BCUT2D eigenvalue weighted by atomic mass is 10.1. The fourth-order valence-corrected chi connectivity index (χ4v) is 3.40. The highest BCUT2D eigenvalue weighted by Crippen LogP contribution is 2.27. The van der Waals surface area contributed by atoms with Crippen molar-refractivity contribution in [3.8, 4) is 0 Å². The quantitative estimate of drug-likeness (QED) is 0.734. The van der Waals surface area contributed by atoms with Gasteiger partial charge in [-0.2, -0.15) is 0 Å². The molecule has 7 heteroatoms. The summed E-state index contributed by atoms with van der Waals surface area (Å²) < 4.78 is 2.90. The topological polar surface area (TPSA) is 61.2 Å². The molecule has 0 aliphatic carbocycles. The van der Waals surface area contributed by atoms with Crippen molar-refractivity contribution in [1.82, 2.24) is 19.6 Å². The molecule has 1 aliphatic heterocycles. The van der Waals surface area contributed by atoms with E-state index in [1.165, 1.54) is 19.3 Å². The number of aromatic amines is 1. The fraction of sp³-hybridized carbons (Fsp3) is 0.375. The molecule has 120 valence electrons. The van der Waals surface area contributed by atoms with E-state index in [1.807, 2.05) is 16.8 Å². The molecule has 4 heterocycles. The average Bonchev–Trinajstić information content (AvgIpc) is 2.61. The smallest absolute Gasteiger partial charge is 0.188 e. The Labute approximate surface area is 143 Å². The molecular weight excluding hydrogens is 356 g/mol. The lowest BCUT2D eigenvalue weighted by Crippen LogP contribution is -2.31. The maximum absolute atomic E-state index is 4.77. The van der Waals surface area contributed by atoms with Crippen molar-refractivity contribution >= 4 is 33.2 Å². The first kappa shape index (κ1) is 14.6. The number of fused-ring (bicyclic) bond motifs is 1. The van der Waals surface area contributed by atoms with Crippen LogP contribution in [0.4, 0.5) is 11.6 Å². The Bertz CT molecular complexity index is 788. The summed E-state index contributed by atoms with van der Waals surface area (Å²) in [4.78, 5) is 11.3. The van der Waals surface area contributed by atoms with Crippen LogP contribution in [-0.2, 0) is 6.54 Å². The molecule has 0 aromatic carbocycles. The third-order valence-corrected chi connectivity index (χ3v) is 4.75. The Balaban J connectivity index is 1.61. The minimum absolute atomic E-state index is 0.732. The van der Waals surface area contributed by atoms with Gasteiger partial charge >= 0.3 is 0 Å². The summed E-state index contributed by atoms with van der Waals surface area (Å²) in [5.41, 5.74) is 2.09. The van der Waals surface area contributed by atoms with Crippen molar-refractivity contribution in [2.24, 2.45) is 0 Å². The molecule has 3 aromatic heterocycles. The van der Waals surface area contributed by atoms with E-state index < -0.39 is 0 Å². The second-order valence-corrected chi connectivity index (χ2v) is 6.64. The molecule has 0 saturated carbocycles. The molecule has 0 spiro atoms. The summed E-state index contributed by atoms with van der Waals surface area (Å²) in [6.45, 7) is 2.91. The van der Waals surface area contributed by atoms with Crippen LogP contribution in [0.15, 0.2) is 35.2 Å². The van der Waals surface area contributed by atoms with Gasteiger partial charge in [-0.05, 0) is 46.8 Å². The molecular formula is C16H19BrN6. The van der Waals surface area contributed by atoms with Gasteiger partial charge in [0.05, 0.1) is 0 Å². The standard InChI is InChI=1S/C16H19BrN6/c17-15-16-20-14(22-7-2-1-3-8-22)9-13(23(16)21-15)19-11-12-5-4-6-18-10-12/h4-6,9-10,19,21H,1-3,7-8,11H2. The van der Waals surface area contributed by atoms with E-state index in [-0.39, 0.29) is 0 Å². The van der Waals surface area contributed by atoms with Gasteiger partial charge < -0.3 is 10.2 Å². The van der Waals surface area contributed by atoms with Gasteiger partial charge in [-0.3, -0.25) is 10.1 Å². The minimum Gasteiger partial charge on any atom is -0.366 e. The van der Waals surface area contributed by atoms with E-state index in [1.54, 1.807) is 6.20 Å². The van der Waals surface area contributed by atoms with Crippen LogP contribution in [-0.4, -0.2) is 32.7 Å². The molecule has 0 bridgehead atoms. The first-order chi connectivity index (χ1) is 11.3. The van der Waals surface area contributed by atoms with E-state index in [0.29, 0.717) is 0 Å². The number of aromatic nitrogens is 4. The van der Waals surface area contributed by atoms with Gasteiger partial charge in [-0.1, -0.05) is 6.07 Å². The monoisotopic (exact) mass is 374 g/mol. The maximum atomic E-state index is 4.77. The molecule has 0 amide bonds. The molecule has 0 unspecified atom stereocenters. The molecule has 1 saturated heterocycles. The van der Waals surface area contributed by atoms with Crippen molar-refractivity contribution in [2.45, 2.75) is 25.8 Å². The minimum atomic E-state index is 0.732. The molecule has 0 atom stereocenters. The highest BCUT2D eigenvalue weighted by molar-refractivity contribution is 9.10. The van der Waals surface area contributed by atoms with Gasteiger partial charge in [0.2, 0.25) is 0 Å². The number of pyridine rings is 1. The van der Waals surface area contributed by atoms with Crippen LogP contribution in [0.3, 0.4) is 0 Å². The Hall–Kier alpha value is -2.02. The van der Waals surface area contributed by atoms with Crippen molar-refractivity contribution in [2.75, 3.05) is 23.3 Å².